The van der Waals surface area contributed by atoms with E-state index in [2.05, 4.69) is 5.32 Å². The highest BCUT2D eigenvalue weighted by Crippen LogP contribution is 2.29. The van der Waals surface area contributed by atoms with Gasteiger partial charge in [0.05, 0.1) is 5.54 Å². The van der Waals surface area contributed by atoms with Crippen molar-refractivity contribution in [3.63, 3.8) is 0 Å². The predicted molar refractivity (Wildman–Crippen MR) is 87.0 cm³/mol. The summed E-state index contributed by atoms with van der Waals surface area (Å²) in [6.45, 7) is 0. The lowest BCUT2D eigenvalue weighted by Crippen LogP contribution is -2.48. The lowest BCUT2D eigenvalue weighted by atomic mass is 9.98. The van der Waals surface area contributed by atoms with Gasteiger partial charge in [-0.3, -0.25) is 4.79 Å². The summed E-state index contributed by atoms with van der Waals surface area (Å²) in [6.07, 6.45) is 3.53. The summed E-state index contributed by atoms with van der Waals surface area (Å²) < 4.78 is 5.77. The first-order valence-electron chi connectivity index (χ1n) is 7.59. The van der Waals surface area contributed by atoms with Crippen LogP contribution in [0.4, 0.5) is 5.69 Å². The number of amides is 1. The molecule has 1 aliphatic rings. The third kappa shape index (κ3) is 3.28. The van der Waals surface area contributed by atoms with Crippen LogP contribution in [0.1, 0.15) is 25.7 Å². The van der Waals surface area contributed by atoms with Gasteiger partial charge in [0, 0.05) is 11.8 Å². The summed E-state index contributed by atoms with van der Waals surface area (Å²) >= 11 is 0. The summed E-state index contributed by atoms with van der Waals surface area (Å²) in [7, 11) is 0. The van der Waals surface area contributed by atoms with Crippen molar-refractivity contribution in [3.05, 3.63) is 54.6 Å². The lowest BCUT2D eigenvalue weighted by Gasteiger charge is -2.22. The fourth-order valence-electron chi connectivity index (χ4n) is 2.75. The number of carbonyl (C=O) groups is 1. The Hall–Kier alpha value is -2.33. The van der Waals surface area contributed by atoms with E-state index in [1.165, 1.54) is 0 Å². The van der Waals surface area contributed by atoms with Crippen molar-refractivity contribution >= 4 is 11.6 Å². The molecule has 0 atom stereocenters. The van der Waals surface area contributed by atoms with Gasteiger partial charge in [0.1, 0.15) is 11.5 Å². The van der Waals surface area contributed by atoms with Crippen molar-refractivity contribution in [1.29, 1.82) is 0 Å². The summed E-state index contributed by atoms with van der Waals surface area (Å²) in [5.74, 6) is 1.33. The molecule has 4 nitrogen and oxygen atoms in total. The van der Waals surface area contributed by atoms with Crippen molar-refractivity contribution < 1.29 is 9.53 Å². The molecule has 2 aromatic carbocycles. The maximum absolute atomic E-state index is 12.3. The predicted octanol–water partition coefficient (Wildman–Crippen LogP) is 3.69. The molecule has 2 aromatic rings. The smallest absolute Gasteiger partial charge is 0.244 e. The van der Waals surface area contributed by atoms with E-state index in [-0.39, 0.29) is 5.91 Å². The zero-order valence-electron chi connectivity index (χ0n) is 12.4. The first-order valence-corrected chi connectivity index (χ1v) is 7.59. The van der Waals surface area contributed by atoms with Gasteiger partial charge in [-0.25, -0.2) is 0 Å². The van der Waals surface area contributed by atoms with Crippen molar-refractivity contribution in [2.24, 2.45) is 5.73 Å². The van der Waals surface area contributed by atoms with Gasteiger partial charge in [0.25, 0.3) is 0 Å². The Balaban J connectivity index is 1.70. The molecular formula is C18H20N2O2. The highest BCUT2D eigenvalue weighted by atomic mass is 16.5. The summed E-state index contributed by atoms with van der Waals surface area (Å²) in [5.41, 5.74) is 6.15. The second-order valence-corrected chi connectivity index (χ2v) is 5.76. The zero-order valence-corrected chi connectivity index (χ0v) is 12.4. The average molecular weight is 296 g/mol. The first kappa shape index (κ1) is 14.6. The van der Waals surface area contributed by atoms with Gasteiger partial charge in [-0.2, -0.15) is 0 Å². The van der Waals surface area contributed by atoms with Crippen LogP contribution in [0.25, 0.3) is 0 Å². The summed E-state index contributed by atoms with van der Waals surface area (Å²) in [5, 5.41) is 2.91. The van der Waals surface area contributed by atoms with Crippen molar-refractivity contribution in [1.82, 2.24) is 0 Å². The maximum Gasteiger partial charge on any atom is 0.244 e. The molecule has 1 amide bonds. The molecule has 0 saturated heterocycles. The average Bonchev–Trinajstić information content (AvgIpc) is 2.97. The minimum Gasteiger partial charge on any atom is -0.457 e. The van der Waals surface area contributed by atoms with Gasteiger partial charge in [0.2, 0.25) is 5.91 Å². The van der Waals surface area contributed by atoms with Crippen LogP contribution in [-0.4, -0.2) is 11.4 Å². The summed E-state index contributed by atoms with van der Waals surface area (Å²) in [6, 6.07) is 16.9. The zero-order chi connectivity index (χ0) is 15.4. The molecule has 0 spiro atoms. The van der Waals surface area contributed by atoms with Crippen LogP contribution in [0, 0.1) is 0 Å². The van der Waals surface area contributed by atoms with Crippen LogP contribution in [0.15, 0.2) is 54.6 Å². The molecule has 0 aromatic heterocycles. The Bertz CT molecular complexity index is 649. The Morgan fingerprint density at radius 1 is 1.00 bits per heavy atom. The van der Waals surface area contributed by atoms with Gasteiger partial charge < -0.3 is 15.8 Å². The van der Waals surface area contributed by atoms with Crippen LogP contribution < -0.4 is 15.8 Å². The van der Waals surface area contributed by atoms with Crippen molar-refractivity contribution in [2.75, 3.05) is 5.32 Å². The van der Waals surface area contributed by atoms with E-state index in [0.717, 1.165) is 31.4 Å². The Morgan fingerprint density at radius 3 is 2.41 bits per heavy atom. The van der Waals surface area contributed by atoms with E-state index >= 15 is 0 Å². The topological polar surface area (TPSA) is 64.4 Å². The molecule has 0 bridgehead atoms. The number of carbonyl (C=O) groups excluding carboxylic acids is 1. The quantitative estimate of drug-likeness (QED) is 0.904. The van der Waals surface area contributed by atoms with Crippen LogP contribution in [0.3, 0.4) is 0 Å². The van der Waals surface area contributed by atoms with Gasteiger partial charge in [-0.05, 0) is 37.1 Å². The van der Waals surface area contributed by atoms with E-state index < -0.39 is 5.54 Å². The molecule has 114 valence electrons. The number of rotatable bonds is 4. The molecule has 1 fully saturated rings. The number of nitrogens with one attached hydrogen (secondary N) is 1. The van der Waals surface area contributed by atoms with E-state index in [0.29, 0.717) is 11.4 Å². The van der Waals surface area contributed by atoms with E-state index in [1.54, 1.807) is 0 Å². The van der Waals surface area contributed by atoms with Gasteiger partial charge in [-0.15, -0.1) is 0 Å². The molecule has 22 heavy (non-hydrogen) atoms. The van der Waals surface area contributed by atoms with Crippen LogP contribution in [-0.2, 0) is 4.79 Å². The molecule has 3 N–H and O–H groups in total. The van der Waals surface area contributed by atoms with Gasteiger partial charge in [-0.1, -0.05) is 37.1 Å². The molecule has 0 aliphatic heterocycles. The molecule has 0 heterocycles. The Morgan fingerprint density at radius 2 is 1.68 bits per heavy atom. The molecule has 0 radical (unpaired) electrons. The van der Waals surface area contributed by atoms with E-state index in [1.807, 2.05) is 54.6 Å². The van der Waals surface area contributed by atoms with Gasteiger partial charge >= 0.3 is 0 Å². The van der Waals surface area contributed by atoms with Crippen molar-refractivity contribution in [3.8, 4) is 11.5 Å². The van der Waals surface area contributed by atoms with E-state index in [9.17, 15) is 4.79 Å². The third-order valence-electron chi connectivity index (χ3n) is 4.02. The van der Waals surface area contributed by atoms with Gasteiger partial charge in [0.15, 0.2) is 0 Å². The Labute approximate surface area is 130 Å². The fraction of sp³-hybridized carbons (Fsp3) is 0.278. The number of benzene rings is 2. The molecule has 3 rings (SSSR count). The lowest BCUT2D eigenvalue weighted by molar-refractivity contribution is -0.121. The molecular weight excluding hydrogens is 276 g/mol. The maximum atomic E-state index is 12.3. The monoisotopic (exact) mass is 296 g/mol. The minimum absolute atomic E-state index is 0.109. The standard InChI is InChI=1S/C18H20N2O2/c19-18(11-4-5-12-18)17(21)20-14-7-6-10-16(13-14)22-15-8-2-1-3-9-15/h1-3,6-10,13H,4-5,11-12,19H2,(H,20,21). The highest BCUT2D eigenvalue weighted by molar-refractivity contribution is 5.98. The largest absolute Gasteiger partial charge is 0.457 e. The first-order chi connectivity index (χ1) is 10.7. The van der Waals surface area contributed by atoms with Crippen molar-refractivity contribution in [2.45, 2.75) is 31.2 Å². The molecule has 1 saturated carbocycles. The van der Waals surface area contributed by atoms with Crippen LogP contribution >= 0.6 is 0 Å². The van der Waals surface area contributed by atoms with E-state index in [4.69, 9.17) is 10.5 Å². The number of anilines is 1. The summed E-state index contributed by atoms with van der Waals surface area (Å²) in [4.78, 5) is 12.3. The number of hydrogen-bond donors (Lipinski definition) is 2. The number of nitrogens with two attached hydrogens (primary N) is 1. The minimum atomic E-state index is -0.726. The highest BCUT2D eigenvalue weighted by Gasteiger charge is 2.36. The SMILES string of the molecule is NC1(C(=O)Nc2cccc(Oc3ccccc3)c2)CCCC1. The molecule has 1 aliphatic carbocycles. The van der Waals surface area contributed by atoms with Crippen LogP contribution in [0.5, 0.6) is 11.5 Å². The second-order valence-electron chi connectivity index (χ2n) is 5.76. The third-order valence-corrected chi connectivity index (χ3v) is 4.02. The number of ether oxygens (including phenoxy) is 1. The Kier molecular flexibility index (Phi) is 4.11. The fourth-order valence-corrected chi connectivity index (χ4v) is 2.75. The van der Waals surface area contributed by atoms with Crippen LogP contribution in [0.2, 0.25) is 0 Å². The number of hydrogen-bond acceptors (Lipinski definition) is 3. The second kappa shape index (κ2) is 6.20. The normalized spacial score (nSPS) is 16.2. The number of para-hydroxylation sites is 1. The molecule has 4 heteroatoms. The molecule has 0 unspecified atom stereocenters.